The van der Waals surface area contributed by atoms with Crippen LogP contribution in [-0.2, 0) is 23.3 Å². The molecule has 0 amide bonds. The van der Waals surface area contributed by atoms with Crippen LogP contribution in [0.25, 0.3) is 21.5 Å². The van der Waals surface area contributed by atoms with Crippen molar-refractivity contribution in [3.05, 3.63) is 126 Å². The zero-order valence-electron chi connectivity index (χ0n) is 32.3. The molecule has 0 unspecified atom stereocenters. The average molecular weight is 828 g/mol. The molecule has 0 spiro atoms. The number of benzene rings is 7. The molecule has 7 aromatic carbocycles. The number of methoxy groups -OCH3 is 3. The number of nitrogens with one attached hydrogen (secondary N) is 1. The number of hydrogen-bond donors (Lipinski definition) is 5. The third kappa shape index (κ3) is 8.74. The highest BCUT2D eigenvalue weighted by Gasteiger charge is 2.18. The second kappa shape index (κ2) is 17.7. The molecule has 0 fully saturated rings. The molecule has 5 N–H and O–H groups in total. The van der Waals surface area contributed by atoms with Crippen molar-refractivity contribution in [1.82, 2.24) is 0 Å². The average Bonchev–Trinajstić information content (AvgIpc) is 3.27. The van der Waals surface area contributed by atoms with Gasteiger partial charge >= 0.3 is 0 Å². The van der Waals surface area contributed by atoms with Crippen LogP contribution in [0.4, 0.5) is 45.5 Å². The third-order valence-electron chi connectivity index (χ3n) is 9.35. The molecule has 0 heterocycles. The first-order chi connectivity index (χ1) is 29.0. The minimum Gasteiger partial charge on any atom is -0.505 e. The molecule has 7 aromatic rings. The predicted octanol–water partition coefficient (Wildman–Crippen LogP) is 10.9. The van der Waals surface area contributed by atoms with E-state index < -0.39 is 28.2 Å². The number of aliphatic hydroxyl groups is 2. The lowest BCUT2D eigenvalue weighted by molar-refractivity contribution is 0.281. The van der Waals surface area contributed by atoms with Gasteiger partial charge in [0.15, 0.2) is 5.75 Å². The van der Waals surface area contributed by atoms with Crippen molar-refractivity contribution in [2.24, 2.45) is 30.7 Å². The van der Waals surface area contributed by atoms with Crippen molar-refractivity contribution in [3.8, 4) is 23.0 Å². The van der Waals surface area contributed by atoms with E-state index in [1.54, 1.807) is 19.2 Å². The van der Waals surface area contributed by atoms with Crippen molar-refractivity contribution >= 4 is 77.2 Å². The third-order valence-corrected chi connectivity index (χ3v) is 10.2. The smallest absolute Gasteiger partial charge is 0.296 e. The first-order valence-corrected chi connectivity index (χ1v) is 19.5. The summed E-state index contributed by atoms with van der Waals surface area (Å²) in [4.78, 5) is -0.545. The van der Waals surface area contributed by atoms with Crippen molar-refractivity contribution in [1.29, 1.82) is 0 Å². The Morgan fingerprint density at radius 3 is 1.92 bits per heavy atom. The summed E-state index contributed by atoms with van der Waals surface area (Å²) >= 11 is 0. The monoisotopic (exact) mass is 827 g/mol. The summed E-state index contributed by atoms with van der Waals surface area (Å²) in [5.74, 6) is 1.25. The molecule has 0 aromatic heterocycles. The van der Waals surface area contributed by atoms with E-state index in [4.69, 9.17) is 14.2 Å². The van der Waals surface area contributed by atoms with Gasteiger partial charge in [-0.2, -0.15) is 13.5 Å². The molecule has 0 atom stereocenters. The largest absolute Gasteiger partial charge is 0.505 e. The maximum Gasteiger partial charge on any atom is 0.296 e. The minimum absolute atomic E-state index is 0.0378. The molecule has 17 heteroatoms. The van der Waals surface area contributed by atoms with Crippen LogP contribution in [0.1, 0.15) is 11.1 Å². The lowest BCUT2D eigenvalue weighted by atomic mass is 10.1. The molecular formula is C43H37N7O9S. The molecule has 7 rings (SSSR count). The van der Waals surface area contributed by atoms with Gasteiger partial charge in [-0.05, 0) is 77.7 Å². The highest BCUT2D eigenvalue weighted by molar-refractivity contribution is 7.86. The van der Waals surface area contributed by atoms with Gasteiger partial charge in [0.05, 0.1) is 45.9 Å². The van der Waals surface area contributed by atoms with Crippen LogP contribution in [0, 0.1) is 0 Å². The number of hydrogen-bond acceptors (Lipinski definition) is 15. The lowest BCUT2D eigenvalue weighted by Crippen LogP contribution is -1.99. The van der Waals surface area contributed by atoms with Gasteiger partial charge in [0, 0.05) is 45.2 Å². The Bertz CT molecular complexity index is 2940. The summed E-state index contributed by atoms with van der Waals surface area (Å²) in [6, 6.07) is 32.4. The molecule has 0 bridgehead atoms. The topological polar surface area (TPSA) is 229 Å². The van der Waals surface area contributed by atoms with Gasteiger partial charge in [-0.25, -0.2) is 0 Å². The van der Waals surface area contributed by atoms with E-state index in [1.807, 2.05) is 72.8 Å². The molecular weight excluding hydrogens is 791 g/mol. The fourth-order valence-electron chi connectivity index (χ4n) is 6.29. The molecule has 0 aliphatic carbocycles. The predicted molar refractivity (Wildman–Crippen MR) is 226 cm³/mol. The number of ether oxygens (including phenoxy) is 3. The zero-order chi connectivity index (χ0) is 42.4. The molecule has 0 aliphatic heterocycles. The quantitative estimate of drug-likeness (QED) is 0.0514. The van der Waals surface area contributed by atoms with E-state index in [0.717, 1.165) is 28.6 Å². The maximum atomic E-state index is 12.0. The summed E-state index contributed by atoms with van der Waals surface area (Å²) in [5, 5.41) is 62.9. The van der Waals surface area contributed by atoms with E-state index in [-0.39, 0.29) is 45.4 Å². The second-order valence-corrected chi connectivity index (χ2v) is 14.5. The fourth-order valence-corrected chi connectivity index (χ4v) is 6.96. The lowest BCUT2D eigenvalue weighted by Gasteiger charge is -2.11. The van der Waals surface area contributed by atoms with Crippen molar-refractivity contribution in [2.45, 2.75) is 18.1 Å². The minimum atomic E-state index is -4.70. The number of anilines is 2. The molecule has 0 radical (unpaired) electrons. The summed E-state index contributed by atoms with van der Waals surface area (Å²) in [6.07, 6.45) is 0. The number of phenolic OH excluding ortho intramolecular Hbond substituents is 1. The highest BCUT2D eigenvalue weighted by Crippen LogP contribution is 2.45. The van der Waals surface area contributed by atoms with Crippen molar-refractivity contribution in [2.75, 3.05) is 26.6 Å². The van der Waals surface area contributed by atoms with Crippen LogP contribution in [0.5, 0.6) is 23.0 Å². The SMILES string of the molecule is COc1ccc(Nc2ccc3c(O)c(N=Nc4c(OC)cc(N=Nc5cc(CO)c(N=Nc6ccc(CO)cc6S(=O)(=O)O)cc5OC)c5ccccc45)ccc3c2)cc1. The van der Waals surface area contributed by atoms with Crippen LogP contribution >= 0.6 is 0 Å². The number of azo groups is 3. The number of nitrogens with zero attached hydrogens (tertiary/aromatic N) is 6. The maximum absolute atomic E-state index is 12.0. The first-order valence-electron chi connectivity index (χ1n) is 18.1. The van der Waals surface area contributed by atoms with Gasteiger partial charge in [-0.15, -0.1) is 25.6 Å². The zero-order valence-corrected chi connectivity index (χ0v) is 33.1. The standard InChI is InChI=1S/C43H37N7O9S/c1-57-30-13-10-28(11-14-30)44-29-12-15-31-26(19-29)9-17-35(43(31)53)46-50-42-33-7-5-4-6-32(33)37(22-40(42)59-3)48-49-38-20-27(24-52)36(21-39(38)58-2)47-45-34-16-8-25(23-51)18-41(34)60(54,55)56/h4-22,44,51-53H,23-24H2,1-3H3,(H,54,55,56). The van der Waals surface area contributed by atoms with E-state index in [0.29, 0.717) is 33.3 Å². The first kappa shape index (κ1) is 40.9. The second-order valence-electron chi connectivity index (χ2n) is 13.1. The Balaban J connectivity index is 1.18. The Labute approximate surface area is 343 Å². The Morgan fingerprint density at radius 1 is 0.567 bits per heavy atom. The van der Waals surface area contributed by atoms with E-state index in [2.05, 4.69) is 36.0 Å². The van der Waals surface area contributed by atoms with Gasteiger partial charge in [-0.1, -0.05) is 36.4 Å². The molecule has 16 nitrogen and oxygen atoms in total. The molecule has 304 valence electrons. The molecule has 0 saturated heterocycles. The van der Waals surface area contributed by atoms with Gasteiger partial charge in [0.25, 0.3) is 10.1 Å². The van der Waals surface area contributed by atoms with Crippen LogP contribution in [0.2, 0.25) is 0 Å². The van der Waals surface area contributed by atoms with E-state index in [9.17, 15) is 28.3 Å². The summed E-state index contributed by atoms with van der Waals surface area (Å²) in [5.41, 5.74) is 3.45. The number of fused-ring (bicyclic) bond motifs is 2. The van der Waals surface area contributed by atoms with Gasteiger partial charge in [-0.3, -0.25) is 4.55 Å². The highest BCUT2D eigenvalue weighted by atomic mass is 32.2. The summed E-state index contributed by atoms with van der Waals surface area (Å²) < 4.78 is 50.2. The normalized spacial score (nSPS) is 12.0. The Kier molecular flexibility index (Phi) is 12.0. The summed E-state index contributed by atoms with van der Waals surface area (Å²) in [7, 11) is -0.194. The molecule has 0 saturated carbocycles. The van der Waals surface area contributed by atoms with Gasteiger partial charge in [0.2, 0.25) is 0 Å². The Morgan fingerprint density at radius 2 is 1.22 bits per heavy atom. The van der Waals surface area contributed by atoms with Crippen molar-refractivity contribution < 1.29 is 42.5 Å². The van der Waals surface area contributed by atoms with E-state index in [1.165, 1.54) is 38.5 Å². The van der Waals surface area contributed by atoms with Crippen LogP contribution in [0.3, 0.4) is 0 Å². The summed E-state index contributed by atoms with van der Waals surface area (Å²) in [6.45, 7) is -0.952. The van der Waals surface area contributed by atoms with Gasteiger partial charge in [0.1, 0.15) is 44.9 Å². The van der Waals surface area contributed by atoms with Crippen LogP contribution in [-0.4, -0.2) is 49.6 Å². The van der Waals surface area contributed by atoms with Crippen LogP contribution < -0.4 is 19.5 Å². The number of phenols is 1. The van der Waals surface area contributed by atoms with Crippen LogP contribution in [0.15, 0.2) is 151 Å². The number of aliphatic hydroxyl groups excluding tert-OH is 2. The van der Waals surface area contributed by atoms with Crippen molar-refractivity contribution in [3.63, 3.8) is 0 Å². The molecule has 60 heavy (non-hydrogen) atoms. The van der Waals surface area contributed by atoms with E-state index >= 15 is 0 Å². The molecule has 0 aliphatic rings. The Hall–Kier alpha value is -7.31. The van der Waals surface area contributed by atoms with Gasteiger partial charge < -0.3 is 34.8 Å². The fraction of sp³-hybridized carbons (Fsp3) is 0.116. The number of rotatable bonds is 14. The number of aromatic hydroxyl groups is 1.